The van der Waals surface area contributed by atoms with Gasteiger partial charge < -0.3 is 4.42 Å². The summed E-state index contributed by atoms with van der Waals surface area (Å²) in [4.78, 5) is 22.4. The molecule has 1 amide bonds. The van der Waals surface area contributed by atoms with E-state index < -0.39 is 10.8 Å². The highest BCUT2D eigenvalue weighted by atomic mass is 16.6. The van der Waals surface area contributed by atoms with Gasteiger partial charge in [0.15, 0.2) is 11.5 Å². The lowest BCUT2D eigenvalue weighted by molar-refractivity contribution is -0.384. The van der Waals surface area contributed by atoms with Crippen LogP contribution >= 0.6 is 0 Å². The van der Waals surface area contributed by atoms with Gasteiger partial charge in [-0.1, -0.05) is 12.1 Å². The van der Waals surface area contributed by atoms with Crippen molar-refractivity contribution in [3.05, 3.63) is 70.1 Å². The van der Waals surface area contributed by atoms with Gasteiger partial charge in [-0.2, -0.15) is 10.2 Å². The van der Waals surface area contributed by atoms with Crippen LogP contribution in [0.2, 0.25) is 0 Å². The van der Waals surface area contributed by atoms with Gasteiger partial charge in [0.2, 0.25) is 0 Å². The molecule has 25 heavy (non-hydrogen) atoms. The van der Waals surface area contributed by atoms with Gasteiger partial charge in [-0.25, -0.2) is 5.43 Å². The van der Waals surface area contributed by atoms with Crippen molar-refractivity contribution in [2.24, 2.45) is 5.10 Å². The molecule has 0 bridgehead atoms. The number of benzene rings is 1. The number of aromatic nitrogens is 2. The number of H-pyrrole nitrogens is 1. The Kier molecular flexibility index (Phi) is 4.38. The van der Waals surface area contributed by atoms with E-state index >= 15 is 0 Å². The lowest BCUT2D eigenvalue weighted by Gasteiger charge is -2.01. The number of nitro benzene ring substituents is 1. The van der Waals surface area contributed by atoms with Gasteiger partial charge in [0.25, 0.3) is 11.6 Å². The molecule has 9 nitrogen and oxygen atoms in total. The lowest BCUT2D eigenvalue weighted by atomic mass is 10.1. The Morgan fingerprint density at radius 1 is 1.32 bits per heavy atom. The zero-order valence-corrected chi connectivity index (χ0v) is 13.1. The topological polar surface area (TPSA) is 126 Å². The molecule has 1 aromatic carbocycles. The highest BCUT2D eigenvalue weighted by molar-refractivity contribution is 6.01. The Labute approximate surface area is 141 Å². The largest absolute Gasteiger partial charge is 0.463 e. The molecule has 0 radical (unpaired) electrons. The molecule has 0 saturated heterocycles. The zero-order valence-electron chi connectivity index (χ0n) is 13.1. The second-order valence-electron chi connectivity index (χ2n) is 5.09. The fourth-order valence-corrected chi connectivity index (χ4v) is 2.10. The van der Waals surface area contributed by atoms with E-state index in [4.69, 9.17) is 4.42 Å². The third kappa shape index (κ3) is 3.61. The second-order valence-corrected chi connectivity index (χ2v) is 5.09. The molecule has 0 unspecified atom stereocenters. The standard InChI is InChI=1S/C16H13N5O4/c1-10(11-4-2-5-12(8-11)21(23)24)17-20-16(22)14-9-13(18-19-14)15-6-3-7-25-15/h2-9H,1H3,(H,18,19)(H,20,22)/b17-10-. The fraction of sp³-hybridized carbons (Fsp3) is 0.0625. The number of non-ortho nitro benzene ring substituents is 1. The highest BCUT2D eigenvalue weighted by Gasteiger charge is 2.13. The van der Waals surface area contributed by atoms with Gasteiger partial charge in [-0.05, 0) is 19.1 Å². The molecule has 0 aliphatic heterocycles. The van der Waals surface area contributed by atoms with Gasteiger partial charge in [0.1, 0.15) is 5.69 Å². The first-order valence-electron chi connectivity index (χ1n) is 7.23. The molecular formula is C16H13N5O4. The molecule has 2 N–H and O–H groups in total. The third-order valence-electron chi connectivity index (χ3n) is 3.40. The Morgan fingerprint density at radius 2 is 2.16 bits per heavy atom. The number of furan rings is 1. The van der Waals surface area contributed by atoms with E-state index in [9.17, 15) is 14.9 Å². The van der Waals surface area contributed by atoms with E-state index in [2.05, 4.69) is 20.7 Å². The molecule has 0 atom stereocenters. The average Bonchev–Trinajstić information content (AvgIpc) is 3.30. The van der Waals surface area contributed by atoms with Crippen LogP contribution in [0.25, 0.3) is 11.5 Å². The summed E-state index contributed by atoms with van der Waals surface area (Å²) in [5.74, 6) is 0.0432. The molecule has 0 saturated carbocycles. The van der Waals surface area contributed by atoms with Crippen LogP contribution in [0.4, 0.5) is 5.69 Å². The van der Waals surface area contributed by atoms with Crippen molar-refractivity contribution in [1.82, 2.24) is 15.6 Å². The van der Waals surface area contributed by atoms with Crippen LogP contribution in [0.1, 0.15) is 23.0 Å². The van der Waals surface area contributed by atoms with Crippen molar-refractivity contribution in [2.45, 2.75) is 6.92 Å². The molecule has 0 aliphatic rings. The van der Waals surface area contributed by atoms with Gasteiger partial charge in [-0.3, -0.25) is 20.0 Å². The maximum atomic E-state index is 12.1. The SMILES string of the molecule is C/C(=N/NC(=O)c1cc(-c2ccco2)[nH]n1)c1cccc([N+](=O)[O-])c1. The number of nitrogens with zero attached hydrogens (tertiary/aromatic N) is 3. The van der Waals surface area contributed by atoms with Gasteiger partial charge in [0, 0.05) is 23.8 Å². The highest BCUT2D eigenvalue weighted by Crippen LogP contribution is 2.17. The van der Waals surface area contributed by atoms with Crippen molar-refractivity contribution in [3.63, 3.8) is 0 Å². The van der Waals surface area contributed by atoms with E-state index in [1.807, 2.05) is 0 Å². The Bertz CT molecular complexity index is 943. The summed E-state index contributed by atoms with van der Waals surface area (Å²) >= 11 is 0. The lowest BCUT2D eigenvalue weighted by Crippen LogP contribution is -2.19. The number of amides is 1. The summed E-state index contributed by atoms with van der Waals surface area (Å²) < 4.78 is 5.21. The van der Waals surface area contributed by atoms with Crippen molar-refractivity contribution in [1.29, 1.82) is 0 Å². The molecule has 2 heterocycles. The monoisotopic (exact) mass is 339 g/mol. The molecule has 2 aromatic heterocycles. The Hall–Kier alpha value is -3.75. The summed E-state index contributed by atoms with van der Waals surface area (Å²) in [6.07, 6.45) is 1.52. The van der Waals surface area contributed by atoms with Crippen LogP contribution in [0, 0.1) is 10.1 Å². The summed E-state index contributed by atoms with van der Waals surface area (Å²) in [7, 11) is 0. The van der Waals surface area contributed by atoms with Crippen molar-refractivity contribution >= 4 is 17.3 Å². The van der Waals surface area contributed by atoms with Crippen LogP contribution in [0.3, 0.4) is 0 Å². The van der Waals surface area contributed by atoms with Gasteiger partial charge >= 0.3 is 0 Å². The maximum absolute atomic E-state index is 12.1. The molecule has 0 spiro atoms. The number of aromatic amines is 1. The first-order valence-corrected chi connectivity index (χ1v) is 7.23. The number of carbonyl (C=O) groups is 1. The first kappa shape index (κ1) is 16.1. The summed E-state index contributed by atoms with van der Waals surface area (Å²) in [6, 6.07) is 11.0. The minimum Gasteiger partial charge on any atom is -0.463 e. The van der Waals surface area contributed by atoms with E-state index in [0.717, 1.165) is 0 Å². The summed E-state index contributed by atoms with van der Waals surface area (Å²) in [6.45, 7) is 1.64. The first-order chi connectivity index (χ1) is 12.0. The third-order valence-corrected chi connectivity index (χ3v) is 3.40. The quantitative estimate of drug-likeness (QED) is 0.420. The molecule has 3 rings (SSSR count). The predicted octanol–water partition coefficient (Wildman–Crippen LogP) is 2.73. The fourth-order valence-electron chi connectivity index (χ4n) is 2.10. The van der Waals surface area contributed by atoms with Crippen molar-refractivity contribution in [3.8, 4) is 11.5 Å². The van der Waals surface area contributed by atoms with E-state index in [-0.39, 0.29) is 11.4 Å². The number of hydrazone groups is 1. The van der Waals surface area contributed by atoms with Crippen LogP contribution < -0.4 is 5.43 Å². The number of carbonyl (C=O) groups excluding carboxylic acids is 1. The number of nitro groups is 1. The second kappa shape index (κ2) is 6.79. The molecule has 0 fully saturated rings. The van der Waals surface area contributed by atoms with Gasteiger partial charge in [-0.15, -0.1) is 0 Å². The number of hydrogen-bond acceptors (Lipinski definition) is 6. The maximum Gasteiger partial charge on any atom is 0.291 e. The Balaban J connectivity index is 1.72. The van der Waals surface area contributed by atoms with Gasteiger partial charge in [0.05, 0.1) is 16.9 Å². The number of nitrogens with one attached hydrogen (secondary N) is 2. The van der Waals surface area contributed by atoms with E-state index in [0.29, 0.717) is 22.7 Å². The molecule has 3 aromatic rings. The van der Waals surface area contributed by atoms with E-state index in [1.165, 1.54) is 24.5 Å². The van der Waals surface area contributed by atoms with Crippen molar-refractivity contribution in [2.75, 3.05) is 0 Å². The number of rotatable bonds is 5. The van der Waals surface area contributed by atoms with Crippen molar-refractivity contribution < 1.29 is 14.1 Å². The van der Waals surface area contributed by atoms with Crippen LogP contribution in [-0.2, 0) is 0 Å². The molecule has 126 valence electrons. The summed E-state index contributed by atoms with van der Waals surface area (Å²) in [5.41, 5.74) is 3.99. The summed E-state index contributed by atoms with van der Waals surface area (Å²) in [5, 5.41) is 21.4. The minimum absolute atomic E-state index is 0.0474. The molecule has 0 aliphatic carbocycles. The van der Waals surface area contributed by atoms with Crippen LogP contribution in [0.5, 0.6) is 0 Å². The predicted molar refractivity (Wildman–Crippen MR) is 89.1 cm³/mol. The van der Waals surface area contributed by atoms with E-state index in [1.54, 1.807) is 31.2 Å². The minimum atomic E-state index is -0.515. The molecular weight excluding hydrogens is 326 g/mol. The zero-order chi connectivity index (χ0) is 17.8. The Morgan fingerprint density at radius 3 is 2.88 bits per heavy atom. The molecule has 9 heteroatoms. The normalized spacial score (nSPS) is 11.3. The number of hydrogen-bond donors (Lipinski definition) is 2. The van der Waals surface area contributed by atoms with Crippen LogP contribution in [-0.4, -0.2) is 26.7 Å². The van der Waals surface area contributed by atoms with Crippen LogP contribution in [0.15, 0.2) is 58.2 Å². The smallest absolute Gasteiger partial charge is 0.291 e. The average molecular weight is 339 g/mol.